The summed E-state index contributed by atoms with van der Waals surface area (Å²) in [7, 11) is 1.66. The topological polar surface area (TPSA) is 40.6 Å². The number of thiazole rings is 1. The largest absolute Gasteiger partial charge is 0.497 e. The Morgan fingerprint density at radius 3 is 2.42 bits per heavy atom. The molecule has 0 aliphatic heterocycles. The number of rotatable bonds is 7. The maximum absolute atomic E-state index is 5.78. The Hall–Kier alpha value is -2.53. The summed E-state index contributed by atoms with van der Waals surface area (Å²) < 4.78 is 16.5. The SMILES string of the molecule is CCOc1ccc(OCc2csc(-c3cccc(OC)c3)n2)cc1. The van der Waals surface area contributed by atoms with Crippen LogP contribution in [0.5, 0.6) is 17.2 Å². The van der Waals surface area contributed by atoms with Crippen LogP contribution in [0.1, 0.15) is 12.6 Å². The van der Waals surface area contributed by atoms with E-state index in [1.54, 1.807) is 18.4 Å². The highest BCUT2D eigenvalue weighted by atomic mass is 32.1. The number of benzene rings is 2. The third kappa shape index (κ3) is 4.06. The maximum Gasteiger partial charge on any atom is 0.131 e. The molecule has 4 nitrogen and oxygen atoms in total. The minimum absolute atomic E-state index is 0.439. The van der Waals surface area contributed by atoms with Crippen LogP contribution in [0, 0.1) is 0 Å². The Kier molecular flexibility index (Phi) is 5.33. The molecule has 0 aliphatic carbocycles. The Morgan fingerprint density at radius 1 is 0.958 bits per heavy atom. The van der Waals surface area contributed by atoms with Crippen molar-refractivity contribution >= 4 is 11.3 Å². The van der Waals surface area contributed by atoms with Gasteiger partial charge in [-0.2, -0.15) is 0 Å². The zero-order valence-corrected chi connectivity index (χ0v) is 14.5. The monoisotopic (exact) mass is 341 g/mol. The highest BCUT2D eigenvalue weighted by Gasteiger charge is 2.07. The van der Waals surface area contributed by atoms with E-state index < -0.39 is 0 Å². The fourth-order valence-electron chi connectivity index (χ4n) is 2.22. The van der Waals surface area contributed by atoms with Crippen molar-refractivity contribution in [2.75, 3.05) is 13.7 Å². The Labute approximate surface area is 145 Å². The summed E-state index contributed by atoms with van der Waals surface area (Å²) in [5, 5.41) is 2.97. The first-order valence-corrected chi connectivity index (χ1v) is 8.61. The van der Waals surface area contributed by atoms with Crippen molar-refractivity contribution in [2.24, 2.45) is 0 Å². The summed E-state index contributed by atoms with van der Waals surface area (Å²) in [6.45, 7) is 3.06. The molecule has 0 saturated carbocycles. The molecular formula is C19H19NO3S. The van der Waals surface area contributed by atoms with Crippen LogP contribution in [0.4, 0.5) is 0 Å². The standard InChI is InChI=1S/C19H19NO3S/c1-3-22-16-7-9-17(10-8-16)23-12-15-13-24-19(20-15)14-5-4-6-18(11-14)21-2/h4-11,13H,3,12H2,1-2H3. The van der Waals surface area contributed by atoms with Gasteiger partial charge >= 0.3 is 0 Å². The highest BCUT2D eigenvalue weighted by Crippen LogP contribution is 2.27. The smallest absolute Gasteiger partial charge is 0.131 e. The van der Waals surface area contributed by atoms with Gasteiger partial charge in [0.2, 0.25) is 0 Å². The molecule has 0 atom stereocenters. The molecule has 0 fully saturated rings. The Balaban J connectivity index is 1.63. The van der Waals surface area contributed by atoms with Crippen molar-refractivity contribution in [1.29, 1.82) is 0 Å². The molecule has 0 unspecified atom stereocenters. The zero-order valence-electron chi connectivity index (χ0n) is 13.7. The van der Waals surface area contributed by atoms with Crippen LogP contribution in [0.2, 0.25) is 0 Å². The molecule has 0 bridgehead atoms. The fraction of sp³-hybridized carbons (Fsp3) is 0.211. The van der Waals surface area contributed by atoms with Crippen LogP contribution in [0.3, 0.4) is 0 Å². The second kappa shape index (κ2) is 7.84. The third-order valence-corrected chi connectivity index (χ3v) is 4.33. The molecule has 0 aliphatic rings. The molecule has 0 radical (unpaired) electrons. The fourth-order valence-corrected chi connectivity index (χ4v) is 3.02. The van der Waals surface area contributed by atoms with Crippen molar-refractivity contribution in [2.45, 2.75) is 13.5 Å². The van der Waals surface area contributed by atoms with Gasteiger partial charge in [-0.25, -0.2) is 4.98 Å². The number of hydrogen-bond donors (Lipinski definition) is 0. The van der Waals surface area contributed by atoms with Crippen LogP contribution in [0.25, 0.3) is 10.6 Å². The third-order valence-electron chi connectivity index (χ3n) is 3.39. The van der Waals surface area contributed by atoms with E-state index in [0.29, 0.717) is 13.2 Å². The summed E-state index contributed by atoms with van der Waals surface area (Å²) in [6.07, 6.45) is 0. The highest BCUT2D eigenvalue weighted by molar-refractivity contribution is 7.13. The van der Waals surface area contributed by atoms with Crippen molar-refractivity contribution in [3.8, 4) is 27.8 Å². The molecule has 2 aromatic carbocycles. The summed E-state index contributed by atoms with van der Waals surface area (Å²) in [5.74, 6) is 2.48. The maximum atomic E-state index is 5.78. The van der Waals surface area contributed by atoms with Gasteiger partial charge in [0.1, 0.15) is 28.9 Å². The van der Waals surface area contributed by atoms with Crippen LogP contribution >= 0.6 is 11.3 Å². The Morgan fingerprint density at radius 2 is 1.71 bits per heavy atom. The van der Waals surface area contributed by atoms with Crippen LogP contribution in [-0.4, -0.2) is 18.7 Å². The first-order chi connectivity index (χ1) is 11.8. The summed E-state index contributed by atoms with van der Waals surface area (Å²) in [5.41, 5.74) is 1.96. The average Bonchev–Trinajstić information content (AvgIpc) is 3.10. The minimum Gasteiger partial charge on any atom is -0.497 e. The van der Waals surface area contributed by atoms with E-state index >= 15 is 0 Å². The lowest BCUT2D eigenvalue weighted by molar-refractivity contribution is 0.300. The number of nitrogens with zero attached hydrogens (tertiary/aromatic N) is 1. The molecular weight excluding hydrogens is 322 g/mol. The average molecular weight is 341 g/mol. The number of methoxy groups -OCH3 is 1. The van der Waals surface area contributed by atoms with Gasteiger partial charge in [0.15, 0.2) is 0 Å². The molecule has 1 heterocycles. The quantitative estimate of drug-likeness (QED) is 0.619. The number of aromatic nitrogens is 1. The molecule has 0 N–H and O–H groups in total. The summed E-state index contributed by atoms with van der Waals surface area (Å²) in [4.78, 5) is 4.63. The van der Waals surface area contributed by atoms with Crippen LogP contribution in [-0.2, 0) is 6.61 Å². The van der Waals surface area contributed by atoms with E-state index in [-0.39, 0.29) is 0 Å². The lowest BCUT2D eigenvalue weighted by atomic mass is 10.2. The van der Waals surface area contributed by atoms with E-state index in [2.05, 4.69) is 4.98 Å². The van der Waals surface area contributed by atoms with Gasteiger partial charge in [-0.05, 0) is 43.3 Å². The van der Waals surface area contributed by atoms with Crippen molar-refractivity contribution in [3.05, 3.63) is 59.6 Å². The van der Waals surface area contributed by atoms with Crippen molar-refractivity contribution in [3.63, 3.8) is 0 Å². The number of ether oxygens (including phenoxy) is 3. The normalized spacial score (nSPS) is 10.4. The summed E-state index contributed by atoms with van der Waals surface area (Å²) >= 11 is 1.60. The van der Waals surface area contributed by atoms with Gasteiger partial charge in [0.05, 0.1) is 19.4 Å². The van der Waals surface area contributed by atoms with Gasteiger partial charge in [-0.3, -0.25) is 0 Å². The first-order valence-electron chi connectivity index (χ1n) is 7.73. The van der Waals surface area contributed by atoms with Crippen LogP contribution in [0.15, 0.2) is 53.9 Å². The lowest BCUT2D eigenvalue weighted by Gasteiger charge is -2.06. The van der Waals surface area contributed by atoms with E-state index in [9.17, 15) is 0 Å². The predicted molar refractivity (Wildman–Crippen MR) is 96.0 cm³/mol. The van der Waals surface area contributed by atoms with Gasteiger partial charge in [0, 0.05) is 10.9 Å². The molecule has 0 amide bonds. The van der Waals surface area contributed by atoms with Gasteiger partial charge in [0.25, 0.3) is 0 Å². The second-order valence-corrected chi connectivity index (χ2v) is 5.93. The van der Waals surface area contributed by atoms with Crippen molar-refractivity contribution < 1.29 is 14.2 Å². The molecule has 0 spiro atoms. The molecule has 3 rings (SSSR count). The molecule has 1 aromatic heterocycles. The second-order valence-electron chi connectivity index (χ2n) is 5.07. The van der Waals surface area contributed by atoms with E-state index in [1.165, 1.54) is 0 Å². The predicted octanol–water partition coefficient (Wildman–Crippen LogP) is 4.80. The molecule has 124 valence electrons. The van der Waals surface area contributed by atoms with E-state index in [1.807, 2.05) is 60.8 Å². The van der Waals surface area contributed by atoms with E-state index in [4.69, 9.17) is 14.2 Å². The molecule has 24 heavy (non-hydrogen) atoms. The minimum atomic E-state index is 0.439. The lowest BCUT2D eigenvalue weighted by Crippen LogP contribution is -1.96. The van der Waals surface area contributed by atoms with E-state index in [0.717, 1.165) is 33.5 Å². The van der Waals surface area contributed by atoms with Crippen molar-refractivity contribution in [1.82, 2.24) is 4.98 Å². The zero-order chi connectivity index (χ0) is 16.8. The van der Waals surface area contributed by atoms with Gasteiger partial charge in [-0.15, -0.1) is 11.3 Å². The first kappa shape index (κ1) is 16.3. The van der Waals surface area contributed by atoms with Gasteiger partial charge < -0.3 is 14.2 Å². The van der Waals surface area contributed by atoms with Gasteiger partial charge in [-0.1, -0.05) is 12.1 Å². The Bertz CT molecular complexity index is 783. The number of hydrogen-bond acceptors (Lipinski definition) is 5. The molecule has 3 aromatic rings. The molecule has 0 saturated heterocycles. The summed E-state index contributed by atoms with van der Waals surface area (Å²) in [6, 6.07) is 15.5. The molecule has 5 heteroatoms. The van der Waals surface area contributed by atoms with Crippen LogP contribution < -0.4 is 14.2 Å².